The van der Waals surface area contributed by atoms with Crippen LogP contribution < -0.4 is 9.47 Å². The molecule has 1 aliphatic heterocycles. The van der Waals surface area contributed by atoms with Gasteiger partial charge in [0.1, 0.15) is 11.5 Å². The van der Waals surface area contributed by atoms with Crippen LogP contribution in [0.3, 0.4) is 0 Å². The number of nitrogens with zero attached hydrogens (tertiary/aromatic N) is 1. The lowest BCUT2D eigenvalue weighted by Gasteiger charge is -2.07. The Kier molecular flexibility index (Phi) is 3.73. The van der Waals surface area contributed by atoms with Crippen LogP contribution in [0.2, 0.25) is 0 Å². The van der Waals surface area contributed by atoms with E-state index in [9.17, 15) is 4.79 Å². The Bertz CT molecular complexity index is 669. The van der Waals surface area contributed by atoms with Gasteiger partial charge in [-0.15, -0.1) is 0 Å². The zero-order chi connectivity index (χ0) is 14.7. The summed E-state index contributed by atoms with van der Waals surface area (Å²) in [4.78, 5) is 14.7. The van der Waals surface area contributed by atoms with Crippen molar-refractivity contribution < 1.29 is 19.4 Å². The van der Waals surface area contributed by atoms with E-state index in [-0.39, 0.29) is 5.56 Å². The van der Waals surface area contributed by atoms with Crippen LogP contribution in [-0.4, -0.2) is 29.3 Å². The van der Waals surface area contributed by atoms with Crippen LogP contribution in [0.4, 0.5) is 0 Å². The molecule has 2 aromatic rings. The van der Waals surface area contributed by atoms with Crippen molar-refractivity contribution in [1.82, 2.24) is 4.98 Å². The number of carbonyl (C=O) groups is 1. The van der Waals surface area contributed by atoms with E-state index in [1.807, 2.05) is 12.1 Å². The van der Waals surface area contributed by atoms with E-state index in [2.05, 4.69) is 11.1 Å². The van der Waals surface area contributed by atoms with E-state index in [1.165, 1.54) is 29.6 Å². The van der Waals surface area contributed by atoms with Crippen molar-refractivity contribution in [2.45, 2.75) is 12.8 Å². The zero-order valence-electron chi connectivity index (χ0n) is 11.4. The van der Waals surface area contributed by atoms with Crippen molar-refractivity contribution in [2.24, 2.45) is 0 Å². The molecule has 0 radical (unpaired) electrons. The zero-order valence-corrected chi connectivity index (χ0v) is 11.4. The van der Waals surface area contributed by atoms with Gasteiger partial charge in [0.2, 0.25) is 0 Å². The summed E-state index contributed by atoms with van der Waals surface area (Å²) in [6.45, 7) is 1.23. The highest BCUT2D eigenvalue weighted by Crippen LogP contribution is 2.26. The molecule has 0 fully saturated rings. The lowest BCUT2D eigenvalue weighted by atomic mass is 10.1. The molecule has 0 unspecified atom stereocenters. The molecule has 5 heteroatoms. The third-order valence-electron chi connectivity index (χ3n) is 3.37. The van der Waals surface area contributed by atoms with Gasteiger partial charge in [-0.05, 0) is 23.3 Å². The van der Waals surface area contributed by atoms with Gasteiger partial charge in [-0.3, -0.25) is 4.98 Å². The Labute approximate surface area is 122 Å². The summed E-state index contributed by atoms with van der Waals surface area (Å²) in [5.41, 5.74) is 2.55. The molecule has 0 amide bonds. The van der Waals surface area contributed by atoms with Crippen LogP contribution in [0.1, 0.15) is 21.5 Å². The van der Waals surface area contributed by atoms with Gasteiger partial charge in [-0.1, -0.05) is 12.1 Å². The van der Waals surface area contributed by atoms with E-state index >= 15 is 0 Å². The van der Waals surface area contributed by atoms with Crippen molar-refractivity contribution in [1.29, 1.82) is 0 Å². The van der Waals surface area contributed by atoms with E-state index in [4.69, 9.17) is 14.6 Å². The van der Waals surface area contributed by atoms with Gasteiger partial charge >= 0.3 is 5.97 Å². The first kappa shape index (κ1) is 13.4. The minimum Gasteiger partial charge on any atom is -0.493 e. The third kappa shape index (κ3) is 3.13. The number of hydrogen-bond acceptors (Lipinski definition) is 4. The second-order valence-corrected chi connectivity index (χ2v) is 4.85. The highest BCUT2D eigenvalue weighted by molar-refractivity contribution is 5.87. The maximum Gasteiger partial charge on any atom is 0.337 e. The Morgan fingerprint density at radius 3 is 3.10 bits per heavy atom. The van der Waals surface area contributed by atoms with Crippen LogP contribution in [-0.2, 0) is 12.8 Å². The highest BCUT2D eigenvalue weighted by atomic mass is 16.5. The van der Waals surface area contributed by atoms with Crippen molar-refractivity contribution >= 4 is 5.97 Å². The van der Waals surface area contributed by atoms with Crippen LogP contribution in [0.25, 0.3) is 0 Å². The van der Waals surface area contributed by atoms with Crippen molar-refractivity contribution in [3.05, 3.63) is 53.3 Å². The topological polar surface area (TPSA) is 68.7 Å². The summed E-state index contributed by atoms with van der Waals surface area (Å²) in [6, 6.07) is 7.63. The normalized spacial score (nSPS) is 12.6. The molecular formula is C16H15NO4. The first-order chi connectivity index (χ1) is 10.2. The number of benzene rings is 1. The van der Waals surface area contributed by atoms with Crippen LogP contribution in [0.5, 0.6) is 11.5 Å². The molecule has 0 saturated heterocycles. The molecule has 0 atom stereocenters. The molecule has 0 spiro atoms. The maximum absolute atomic E-state index is 10.8. The molecule has 3 rings (SSSR count). The molecule has 5 nitrogen and oxygen atoms in total. The summed E-state index contributed by atoms with van der Waals surface area (Å²) in [5.74, 6) is 0.434. The number of fused-ring (bicyclic) bond motifs is 1. The first-order valence-corrected chi connectivity index (χ1v) is 6.78. The van der Waals surface area contributed by atoms with Crippen molar-refractivity contribution in [3.8, 4) is 11.5 Å². The van der Waals surface area contributed by atoms with E-state index in [0.717, 1.165) is 25.2 Å². The lowest BCUT2D eigenvalue weighted by molar-refractivity contribution is 0.0696. The van der Waals surface area contributed by atoms with Gasteiger partial charge in [0.15, 0.2) is 0 Å². The predicted octanol–water partition coefficient (Wildman–Crippen LogP) is 2.34. The minimum atomic E-state index is -1.01. The van der Waals surface area contributed by atoms with Gasteiger partial charge < -0.3 is 14.6 Å². The first-order valence-electron chi connectivity index (χ1n) is 6.78. The molecule has 2 heterocycles. The molecule has 0 saturated carbocycles. The van der Waals surface area contributed by atoms with Crippen molar-refractivity contribution in [3.63, 3.8) is 0 Å². The molecule has 1 aromatic carbocycles. The standard InChI is InChI=1S/C16H15NO4/c18-16(19)13-8-14(10-17-9-13)20-5-3-11-1-2-15-12(7-11)4-6-21-15/h1-2,7-10H,3-6H2,(H,18,19). The van der Waals surface area contributed by atoms with Gasteiger partial charge in [-0.2, -0.15) is 0 Å². The van der Waals surface area contributed by atoms with E-state index in [0.29, 0.717) is 12.4 Å². The van der Waals surface area contributed by atoms with Crippen LogP contribution >= 0.6 is 0 Å². The quantitative estimate of drug-likeness (QED) is 0.913. The second kappa shape index (κ2) is 5.83. The number of aromatic nitrogens is 1. The molecule has 1 N–H and O–H groups in total. The van der Waals surface area contributed by atoms with Gasteiger partial charge in [0.05, 0.1) is 25.0 Å². The smallest absolute Gasteiger partial charge is 0.337 e. The molecule has 0 aliphatic carbocycles. The SMILES string of the molecule is O=C(O)c1cncc(OCCc2ccc3c(c2)CCO3)c1. The van der Waals surface area contributed by atoms with Gasteiger partial charge in [-0.25, -0.2) is 4.79 Å². The molecule has 1 aromatic heterocycles. The Balaban J connectivity index is 1.59. The lowest BCUT2D eigenvalue weighted by Crippen LogP contribution is -2.04. The highest BCUT2D eigenvalue weighted by Gasteiger charge is 2.12. The van der Waals surface area contributed by atoms with Crippen LogP contribution in [0.15, 0.2) is 36.7 Å². The largest absolute Gasteiger partial charge is 0.493 e. The average molecular weight is 285 g/mol. The third-order valence-corrected chi connectivity index (χ3v) is 3.37. The fourth-order valence-electron chi connectivity index (χ4n) is 2.30. The van der Waals surface area contributed by atoms with Gasteiger partial charge in [0.25, 0.3) is 0 Å². The van der Waals surface area contributed by atoms with Gasteiger partial charge in [0, 0.05) is 19.0 Å². The van der Waals surface area contributed by atoms with E-state index < -0.39 is 5.97 Å². The number of carboxylic acid groups (broad SMARTS) is 1. The number of ether oxygens (including phenoxy) is 2. The Morgan fingerprint density at radius 2 is 2.24 bits per heavy atom. The number of carboxylic acids is 1. The average Bonchev–Trinajstić information content (AvgIpc) is 2.95. The summed E-state index contributed by atoms with van der Waals surface area (Å²) in [6.07, 6.45) is 4.53. The fraction of sp³-hybridized carbons (Fsp3) is 0.250. The monoisotopic (exact) mass is 285 g/mol. The molecule has 0 bridgehead atoms. The Hall–Kier alpha value is -2.56. The minimum absolute atomic E-state index is 0.127. The summed E-state index contributed by atoms with van der Waals surface area (Å²) in [7, 11) is 0. The molecule has 108 valence electrons. The summed E-state index contributed by atoms with van der Waals surface area (Å²) >= 11 is 0. The number of pyridine rings is 1. The summed E-state index contributed by atoms with van der Waals surface area (Å²) < 4.78 is 11.0. The fourth-order valence-corrected chi connectivity index (χ4v) is 2.30. The van der Waals surface area contributed by atoms with E-state index in [1.54, 1.807) is 0 Å². The molecule has 1 aliphatic rings. The second-order valence-electron chi connectivity index (χ2n) is 4.85. The maximum atomic E-state index is 10.8. The Morgan fingerprint density at radius 1 is 1.33 bits per heavy atom. The molecular weight excluding hydrogens is 270 g/mol. The number of aromatic carboxylic acids is 1. The summed E-state index contributed by atoms with van der Waals surface area (Å²) in [5, 5.41) is 8.89. The number of hydrogen-bond donors (Lipinski definition) is 1. The number of rotatable bonds is 5. The molecule has 21 heavy (non-hydrogen) atoms. The predicted molar refractivity (Wildman–Crippen MR) is 76.0 cm³/mol. The van der Waals surface area contributed by atoms with Crippen LogP contribution in [0, 0.1) is 0 Å². The van der Waals surface area contributed by atoms with Crippen molar-refractivity contribution in [2.75, 3.05) is 13.2 Å².